The van der Waals surface area contributed by atoms with Gasteiger partial charge in [0.25, 0.3) is 5.91 Å². The van der Waals surface area contributed by atoms with E-state index in [-0.39, 0.29) is 56.7 Å². The summed E-state index contributed by atoms with van der Waals surface area (Å²) in [5.74, 6) is -1.24. The molecule has 73 heavy (non-hydrogen) atoms. The predicted octanol–water partition coefficient (Wildman–Crippen LogP) is 7.77. The largest absolute Gasteiger partial charge is 0.494 e. The average Bonchev–Trinajstić information content (AvgIpc) is 3.98. The highest BCUT2D eigenvalue weighted by atomic mass is 35.5. The number of halogens is 1. The number of carbonyl (C=O) groups is 5. The number of rotatable bonds is 21. The van der Waals surface area contributed by atoms with Crippen LogP contribution in [0.25, 0.3) is 10.4 Å². The number of thiazole rings is 1. The summed E-state index contributed by atoms with van der Waals surface area (Å²) in [7, 11) is 0. The van der Waals surface area contributed by atoms with Gasteiger partial charge in [-0.3, -0.25) is 24.0 Å². The summed E-state index contributed by atoms with van der Waals surface area (Å²) in [5, 5.41) is 18.6. The highest BCUT2D eigenvalue weighted by Gasteiger charge is 2.64. The van der Waals surface area contributed by atoms with E-state index in [1.165, 1.54) is 4.90 Å². The first-order valence-corrected chi connectivity index (χ1v) is 26.0. The van der Waals surface area contributed by atoms with Gasteiger partial charge < -0.3 is 45.5 Å². The minimum Gasteiger partial charge on any atom is -0.494 e. The van der Waals surface area contributed by atoms with Gasteiger partial charge in [-0.15, -0.1) is 11.3 Å². The number of nitrogens with one attached hydrogen (secondary N) is 3. The molecule has 6 rings (SSSR count). The van der Waals surface area contributed by atoms with Gasteiger partial charge in [0.1, 0.15) is 54.5 Å². The van der Waals surface area contributed by atoms with Gasteiger partial charge in [0.15, 0.2) is 0 Å². The van der Waals surface area contributed by atoms with E-state index in [1.807, 2.05) is 93.5 Å². The van der Waals surface area contributed by atoms with Gasteiger partial charge in [-0.1, -0.05) is 98.2 Å². The van der Waals surface area contributed by atoms with Crippen molar-refractivity contribution in [3.8, 4) is 28.0 Å². The van der Waals surface area contributed by atoms with Crippen LogP contribution in [0.4, 0.5) is 0 Å². The van der Waals surface area contributed by atoms with E-state index in [2.05, 4.69) is 27.0 Å². The van der Waals surface area contributed by atoms with Gasteiger partial charge in [-0.05, 0) is 78.6 Å². The highest BCUT2D eigenvalue weighted by Crippen LogP contribution is 2.55. The third kappa shape index (κ3) is 13.8. The van der Waals surface area contributed by atoms with E-state index in [9.17, 15) is 29.2 Å². The van der Waals surface area contributed by atoms with Crippen LogP contribution in [0.2, 0.25) is 5.02 Å². The Labute approximate surface area is 438 Å². The molecule has 1 aromatic heterocycles. The van der Waals surface area contributed by atoms with E-state index in [4.69, 9.17) is 36.3 Å². The molecule has 1 unspecified atom stereocenters. The Morgan fingerprint density at radius 1 is 0.959 bits per heavy atom. The van der Waals surface area contributed by atoms with Crippen LogP contribution in [0.15, 0.2) is 72.2 Å². The van der Waals surface area contributed by atoms with Crippen LogP contribution in [-0.4, -0.2) is 102 Å². The number of unbranched alkanes of at least 4 members (excludes halogenated alkanes) is 1. The van der Waals surface area contributed by atoms with Crippen molar-refractivity contribution in [3.63, 3.8) is 0 Å². The molecule has 18 heteroatoms. The lowest BCUT2D eigenvalue weighted by Gasteiger charge is -2.63. The minimum absolute atomic E-state index is 0.0502. The van der Waals surface area contributed by atoms with Crippen molar-refractivity contribution >= 4 is 52.5 Å². The average molecular weight is 1040 g/mol. The van der Waals surface area contributed by atoms with E-state index in [0.717, 1.165) is 21.7 Å². The molecule has 1 aliphatic carbocycles. The molecule has 0 spiro atoms. The van der Waals surface area contributed by atoms with E-state index < -0.39 is 64.2 Å². The fourth-order valence-corrected chi connectivity index (χ4v) is 10.8. The van der Waals surface area contributed by atoms with Crippen molar-refractivity contribution in [2.75, 3.05) is 26.4 Å². The predicted molar refractivity (Wildman–Crippen MR) is 280 cm³/mol. The summed E-state index contributed by atoms with van der Waals surface area (Å²) in [6.45, 7) is 19.7. The fraction of sp³-hybridized carbons (Fsp3) is 0.509. The van der Waals surface area contributed by atoms with E-state index in [1.54, 1.807) is 59.3 Å². The molecule has 1 saturated heterocycles. The van der Waals surface area contributed by atoms with Crippen molar-refractivity contribution in [1.29, 1.82) is 5.26 Å². The number of likely N-dealkylation sites (tertiary alicyclic amines) is 1. The molecule has 1 saturated carbocycles. The molecule has 16 nitrogen and oxygen atoms in total. The number of hydrogen-bond donors (Lipinski definition) is 4. The van der Waals surface area contributed by atoms with Crippen molar-refractivity contribution in [1.82, 2.24) is 25.8 Å². The van der Waals surface area contributed by atoms with Crippen LogP contribution in [0, 0.1) is 40.4 Å². The zero-order valence-corrected chi connectivity index (χ0v) is 45.1. The Hall–Kier alpha value is -6.06. The number of aromatic nitrogens is 1. The molecular formula is C55H70ClN7O9S. The van der Waals surface area contributed by atoms with Crippen LogP contribution in [0.5, 0.6) is 11.5 Å². The molecule has 4 amide bonds. The van der Waals surface area contributed by atoms with Crippen LogP contribution in [0.3, 0.4) is 0 Å². The summed E-state index contributed by atoms with van der Waals surface area (Å²) in [6, 6.07) is 18.7. The lowest BCUT2D eigenvalue weighted by molar-refractivity contribution is -0.164. The van der Waals surface area contributed by atoms with Crippen molar-refractivity contribution < 1.29 is 42.9 Å². The third-order valence-corrected chi connectivity index (χ3v) is 15.0. The zero-order valence-electron chi connectivity index (χ0n) is 43.5. The van der Waals surface area contributed by atoms with Crippen LogP contribution in [0.1, 0.15) is 109 Å². The number of hydrogen-bond acceptors (Lipinski definition) is 13. The first-order chi connectivity index (χ1) is 34.4. The van der Waals surface area contributed by atoms with Crippen molar-refractivity contribution in [2.24, 2.45) is 27.9 Å². The standard InChI is InChI=1S/C55H70ClN7O9S/c1-32(2)44(58)50(68)71-40-26-42(48(66)59-28-34-13-15-35(16-14-34)45-33(3)60-31-73-45)63(29-40)49(67)46(53(4,5)6)61-43(64)30-69-23-11-12-24-70-38-20-17-36(18-21-38)47(65)62-51-54(7,8)52(55(51,9)10)72-39-22-19-37(27-57)41(56)25-39/h13-22,25,31-32,40,42,44,46,51-52H,11-12,23-24,26,28-30,58H2,1-10H3,(H,59,66)(H,61,64)(H,62,65)/t40-,42+,44?,46-,51?,52?/m1/s1. The zero-order chi connectivity index (χ0) is 53.4. The Morgan fingerprint density at radius 3 is 2.22 bits per heavy atom. The number of amides is 4. The summed E-state index contributed by atoms with van der Waals surface area (Å²) in [4.78, 5) is 74.8. The number of nitriles is 1. The number of nitrogens with zero attached hydrogens (tertiary/aromatic N) is 3. The second kappa shape index (κ2) is 23.9. The molecule has 2 aliphatic rings. The minimum atomic E-state index is -1.04. The lowest BCUT2D eigenvalue weighted by atomic mass is 9.49. The second-order valence-corrected chi connectivity index (χ2v) is 22.8. The van der Waals surface area contributed by atoms with Gasteiger partial charge in [-0.2, -0.15) is 5.26 Å². The third-order valence-electron chi connectivity index (χ3n) is 13.7. The fourth-order valence-electron chi connectivity index (χ4n) is 9.74. The maximum absolute atomic E-state index is 14.4. The molecule has 4 aromatic rings. The van der Waals surface area contributed by atoms with Crippen molar-refractivity contribution in [3.05, 3.63) is 99.6 Å². The Balaban J connectivity index is 0.951. The number of nitrogens with two attached hydrogens (primary N) is 1. The molecule has 2 heterocycles. The monoisotopic (exact) mass is 1040 g/mol. The summed E-state index contributed by atoms with van der Waals surface area (Å²) < 4.78 is 23.7. The molecule has 4 atom stereocenters. The van der Waals surface area contributed by atoms with Gasteiger partial charge in [0.05, 0.1) is 39.8 Å². The van der Waals surface area contributed by atoms with Gasteiger partial charge in [0.2, 0.25) is 17.7 Å². The second-order valence-electron chi connectivity index (χ2n) is 21.6. The van der Waals surface area contributed by atoms with Crippen LogP contribution >= 0.6 is 22.9 Å². The number of esters is 1. The Bertz CT molecular complexity index is 2630. The molecule has 392 valence electrons. The molecule has 3 aromatic carbocycles. The molecule has 0 radical (unpaired) electrons. The molecule has 0 bridgehead atoms. The van der Waals surface area contributed by atoms with Crippen molar-refractivity contribution in [2.45, 2.75) is 131 Å². The highest BCUT2D eigenvalue weighted by molar-refractivity contribution is 7.13. The van der Waals surface area contributed by atoms with E-state index >= 15 is 0 Å². The number of aryl methyl sites for hydroxylation is 1. The first-order valence-electron chi connectivity index (χ1n) is 24.7. The van der Waals surface area contributed by atoms with Gasteiger partial charge in [0, 0.05) is 48.1 Å². The number of benzene rings is 3. The van der Waals surface area contributed by atoms with Crippen LogP contribution in [-0.2, 0) is 35.2 Å². The summed E-state index contributed by atoms with van der Waals surface area (Å²) >= 11 is 7.80. The van der Waals surface area contributed by atoms with E-state index in [0.29, 0.717) is 47.1 Å². The maximum atomic E-state index is 14.4. The summed E-state index contributed by atoms with van der Waals surface area (Å²) in [5.41, 5.74) is 9.99. The lowest BCUT2D eigenvalue weighted by Crippen LogP contribution is -2.74. The SMILES string of the molecule is Cc1ncsc1-c1ccc(CNC(=O)[C@@H]2C[C@@H](OC(=O)C(N)C(C)C)CN2C(=O)[C@@H](NC(=O)COCCCCOc2ccc(C(=O)NC3C(C)(C)C(Oc4ccc(C#N)c(Cl)c4)C3(C)C)cc2)C(C)(C)C)cc1. The first kappa shape index (κ1) is 56.2. The molecule has 2 fully saturated rings. The quantitative estimate of drug-likeness (QED) is 0.0464. The molecule has 1 aliphatic heterocycles. The Kier molecular flexibility index (Phi) is 18.4. The van der Waals surface area contributed by atoms with Gasteiger partial charge in [-0.25, -0.2) is 4.98 Å². The van der Waals surface area contributed by atoms with Crippen LogP contribution < -0.4 is 31.2 Å². The van der Waals surface area contributed by atoms with Gasteiger partial charge >= 0.3 is 5.97 Å². The maximum Gasteiger partial charge on any atom is 0.323 e. The molecular weight excluding hydrogens is 970 g/mol. The summed E-state index contributed by atoms with van der Waals surface area (Å²) in [6.07, 6.45) is 0.263. The normalized spacial score (nSPS) is 19.7. The number of ether oxygens (including phenoxy) is 4. The topological polar surface area (TPSA) is 224 Å². The smallest absolute Gasteiger partial charge is 0.323 e. The Morgan fingerprint density at radius 2 is 1.62 bits per heavy atom. The number of carbonyl (C=O) groups excluding carboxylic acids is 5. The molecule has 5 N–H and O–H groups in total.